The maximum absolute atomic E-state index is 5.75. The molecule has 74 valence electrons. The van der Waals surface area contributed by atoms with Crippen LogP contribution >= 0.6 is 0 Å². The number of hydrogen-bond acceptors (Lipinski definition) is 1. The van der Waals surface area contributed by atoms with E-state index in [0.717, 1.165) is 16.1 Å². The smallest absolute Gasteiger partial charge is 0.119 e. The van der Waals surface area contributed by atoms with Crippen molar-refractivity contribution in [1.29, 1.82) is 0 Å². The van der Waals surface area contributed by atoms with Crippen LogP contribution in [0.4, 0.5) is 0 Å². The molecule has 0 N–H and O–H groups in total. The summed E-state index contributed by atoms with van der Waals surface area (Å²) in [6, 6.07) is 8.64. The number of ether oxygens (including phenoxy) is 1. The summed E-state index contributed by atoms with van der Waals surface area (Å²) in [6.07, 6.45) is 3.82. The van der Waals surface area contributed by atoms with Crippen LogP contribution in [0.2, 0.25) is 0 Å². The molecule has 0 bridgehead atoms. The lowest BCUT2D eigenvalue weighted by atomic mass is 10.2. The molecule has 0 spiro atoms. The second-order valence-electron chi connectivity index (χ2n) is 3.81. The number of aryl methyl sites for hydroxylation is 1. The van der Waals surface area contributed by atoms with Gasteiger partial charge in [0.15, 0.2) is 0 Å². The number of hydrogen-bond donors (Lipinski definition) is 0. The van der Waals surface area contributed by atoms with Crippen molar-refractivity contribution in [2.75, 3.05) is 6.61 Å². The van der Waals surface area contributed by atoms with Crippen molar-refractivity contribution in [1.82, 2.24) is 0 Å². The van der Waals surface area contributed by atoms with Gasteiger partial charge in [-0.25, -0.2) is 0 Å². The SMILES string of the molecule is Cc1ccccc1[Si]C1CCCCO1. The summed E-state index contributed by atoms with van der Waals surface area (Å²) in [4.78, 5) is 0. The molecule has 2 heteroatoms. The fraction of sp³-hybridized carbons (Fsp3) is 0.500. The number of benzene rings is 1. The first-order chi connectivity index (χ1) is 6.86. The highest BCUT2D eigenvalue weighted by Crippen LogP contribution is 2.11. The van der Waals surface area contributed by atoms with E-state index < -0.39 is 0 Å². The largest absolute Gasteiger partial charge is 0.382 e. The summed E-state index contributed by atoms with van der Waals surface area (Å²) >= 11 is 0. The van der Waals surface area contributed by atoms with Gasteiger partial charge < -0.3 is 4.74 Å². The first kappa shape index (κ1) is 9.93. The third kappa shape index (κ3) is 2.46. The zero-order chi connectivity index (χ0) is 9.80. The summed E-state index contributed by atoms with van der Waals surface area (Å²) in [5.74, 6) is 0. The van der Waals surface area contributed by atoms with Gasteiger partial charge in [-0.3, -0.25) is 0 Å². The monoisotopic (exact) mass is 204 g/mol. The highest BCUT2D eigenvalue weighted by atomic mass is 28.2. The summed E-state index contributed by atoms with van der Waals surface area (Å²) in [7, 11) is 0.830. The van der Waals surface area contributed by atoms with Crippen LogP contribution in [0.15, 0.2) is 24.3 Å². The Balaban J connectivity index is 1.99. The predicted octanol–water partition coefficient (Wildman–Crippen LogP) is 1.85. The van der Waals surface area contributed by atoms with Crippen molar-refractivity contribution in [3.05, 3.63) is 29.8 Å². The zero-order valence-corrected chi connectivity index (χ0v) is 9.62. The van der Waals surface area contributed by atoms with E-state index in [2.05, 4.69) is 31.2 Å². The lowest BCUT2D eigenvalue weighted by Crippen LogP contribution is -2.34. The van der Waals surface area contributed by atoms with E-state index in [1.54, 1.807) is 0 Å². The summed E-state index contributed by atoms with van der Waals surface area (Å²) in [5, 5.41) is 1.47. The van der Waals surface area contributed by atoms with Crippen molar-refractivity contribution in [2.24, 2.45) is 0 Å². The van der Waals surface area contributed by atoms with Crippen molar-refractivity contribution in [2.45, 2.75) is 31.9 Å². The molecule has 2 rings (SSSR count). The van der Waals surface area contributed by atoms with Gasteiger partial charge in [0.05, 0.1) is 0 Å². The van der Waals surface area contributed by atoms with Gasteiger partial charge in [-0.1, -0.05) is 35.0 Å². The van der Waals surface area contributed by atoms with Crippen molar-refractivity contribution in [3.8, 4) is 0 Å². The molecule has 1 aromatic rings. The van der Waals surface area contributed by atoms with Gasteiger partial charge in [0.25, 0.3) is 0 Å². The van der Waals surface area contributed by atoms with Gasteiger partial charge in [-0.05, 0) is 26.2 Å². The fourth-order valence-corrected chi connectivity index (χ4v) is 3.16. The second kappa shape index (κ2) is 4.76. The molecule has 0 amide bonds. The van der Waals surface area contributed by atoms with E-state index >= 15 is 0 Å². The third-order valence-electron chi connectivity index (χ3n) is 2.64. The normalized spacial score (nSPS) is 22.2. The Kier molecular flexibility index (Phi) is 3.38. The maximum Gasteiger partial charge on any atom is 0.119 e. The molecule has 2 radical (unpaired) electrons. The molecule has 0 aromatic heterocycles. The first-order valence-corrected chi connectivity index (χ1v) is 6.38. The minimum atomic E-state index is 0.491. The maximum atomic E-state index is 5.75. The summed E-state index contributed by atoms with van der Waals surface area (Å²) in [5.41, 5.74) is 1.89. The Morgan fingerprint density at radius 1 is 1.29 bits per heavy atom. The molecule has 1 aromatic carbocycles. The first-order valence-electron chi connectivity index (χ1n) is 5.30. The Bertz CT molecular complexity index is 292. The van der Waals surface area contributed by atoms with Gasteiger partial charge in [0.1, 0.15) is 9.52 Å². The average Bonchev–Trinajstić information content (AvgIpc) is 2.23. The van der Waals surface area contributed by atoms with E-state index in [9.17, 15) is 0 Å². The number of rotatable bonds is 2. The molecule has 1 aliphatic rings. The van der Waals surface area contributed by atoms with Crippen LogP contribution in [0, 0.1) is 6.92 Å². The topological polar surface area (TPSA) is 9.23 Å². The Labute approximate surface area is 88.3 Å². The molecule has 1 fully saturated rings. The molecule has 1 unspecified atom stereocenters. The third-order valence-corrected chi connectivity index (χ3v) is 4.29. The van der Waals surface area contributed by atoms with E-state index in [-0.39, 0.29) is 0 Å². The highest BCUT2D eigenvalue weighted by Gasteiger charge is 2.15. The molecule has 0 saturated carbocycles. The second-order valence-corrected chi connectivity index (χ2v) is 5.29. The van der Waals surface area contributed by atoms with Gasteiger partial charge in [-0.15, -0.1) is 0 Å². The molecular weight excluding hydrogens is 188 g/mol. The van der Waals surface area contributed by atoms with Gasteiger partial charge in [-0.2, -0.15) is 0 Å². The van der Waals surface area contributed by atoms with Gasteiger partial charge in [0.2, 0.25) is 0 Å². The van der Waals surface area contributed by atoms with Gasteiger partial charge >= 0.3 is 0 Å². The molecule has 1 heterocycles. The Morgan fingerprint density at radius 2 is 2.14 bits per heavy atom. The van der Waals surface area contributed by atoms with Crippen LogP contribution in [0.5, 0.6) is 0 Å². The minimum Gasteiger partial charge on any atom is -0.382 e. The summed E-state index contributed by atoms with van der Waals surface area (Å²) in [6.45, 7) is 3.15. The zero-order valence-electron chi connectivity index (χ0n) is 8.62. The van der Waals surface area contributed by atoms with Crippen LogP contribution < -0.4 is 5.19 Å². The van der Waals surface area contributed by atoms with E-state index in [0.29, 0.717) is 5.73 Å². The molecule has 1 atom stereocenters. The van der Waals surface area contributed by atoms with Crippen LogP contribution in [0.3, 0.4) is 0 Å². The lowest BCUT2D eigenvalue weighted by Gasteiger charge is -2.22. The lowest BCUT2D eigenvalue weighted by molar-refractivity contribution is 0.0660. The van der Waals surface area contributed by atoms with Crippen LogP contribution in [-0.4, -0.2) is 21.9 Å². The highest BCUT2D eigenvalue weighted by molar-refractivity contribution is 6.55. The predicted molar refractivity (Wildman–Crippen MR) is 60.2 cm³/mol. The van der Waals surface area contributed by atoms with Crippen LogP contribution in [0.25, 0.3) is 0 Å². The molecule has 0 aliphatic carbocycles. The Morgan fingerprint density at radius 3 is 2.86 bits per heavy atom. The average molecular weight is 204 g/mol. The minimum absolute atomic E-state index is 0.491. The van der Waals surface area contributed by atoms with Crippen LogP contribution in [-0.2, 0) is 4.74 Å². The standard InChI is InChI=1S/C12H16OSi/c1-10-6-2-3-7-11(10)14-12-8-4-5-9-13-12/h2-3,6-7,12H,4-5,8-9H2,1H3. The molecule has 1 aliphatic heterocycles. The Hall–Kier alpha value is -0.603. The fourth-order valence-electron chi connectivity index (χ4n) is 1.76. The van der Waals surface area contributed by atoms with Crippen LogP contribution in [0.1, 0.15) is 24.8 Å². The van der Waals surface area contributed by atoms with Crippen molar-refractivity contribution < 1.29 is 4.74 Å². The molecule has 1 saturated heterocycles. The van der Waals surface area contributed by atoms with E-state index in [1.165, 1.54) is 30.0 Å². The van der Waals surface area contributed by atoms with Crippen molar-refractivity contribution in [3.63, 3.8) is 0 Å². The quantitative estimate of drug-likeness (QED) is 0.668. The molecule has 1 nitrogen and oxygen atoms in total. The van der Waals surface area contributed by atoms with Crippen molar-refractivity contribution >= 4 is 14.7 Å². The summed E-state index contributed by atoms with van der Waals surface area (Å²) < 4.78 is 5.75. The molecular formula is C12H16OSi. The van der Waals surface area contributed by atoms with Gasteiger partial charge in [0, 0.05) is 12.3 Å². The van der Waals surface area contributed by atoms with E-state index in [4.69, 9.17) is 4.74 Å². The molecule has 14 heavy (non-hydrogen) atoms. The van der Waals surface area contributed by atoms with E-state index in [1.807, 2.05) is 0 Å².